The average molecular weight is 327 g/mol. The van der Waals surface area contributed by atoms with E-state index < -0.39 is 24.7 Å². The zero-order valence-electron chi connectivity index (χ0n) is 11.4. The summed E-state index contributed by atoms with van der Waals surface area (Å²) in [5.41, 5.74) is 7.43. The van der Waals surface area contributed by atoms with E-state index >= 15 is 0 Å². The van der Waals surface area contributed by atoms with Crippen LogP contribution >= 0.6 is 12.4 Å². The van der Waals surface area contributed by atoms with Gasteiger partial charge in [-0.25, -0.2) is 0 Å². The van der Waals surface area contributed by atoms with Gasteiger partial charge in [0.1, 0.15) is 12.6 Å². The van der Waals surface area contributed by atoms with Crippen LogP contribution in [-0.2, 0) is 9.53 Å². The number of amides is 1. The van der Waals surface area contributed by atoms with Crippen molar-refractivity contribution in [2.24, 2.45) is 5.73 Å². The van der Waals surface area contributed by atoms with Crippen molar-refractivity contribution in [2.45, 2.75) is 19.1 Å². The molecule has 0 bridgehead atoms. The summed E-state index contributed by atoms with van der Waals surface area (Å²) in [7, 11) is 0. The van der Waals surface area contributed by atoms with Crippen LogP contribution in [-0.4, -0.2) is 31.8 Å². The van der Waals surface area contributed by atoms with E-state index in [-0.39, 0.29) is 25.6 Å². The topological polar surface area (TPSA) is 64.4 Å². The first kappa shape index (κ1) is 19.7. The molecule has 0 fully saturated rings. The van der Waals surface area contributed by atoms with Gasteiger partial charge in [-0.15, -0.1) is 12.4 Å². The lowest BCUT2D eigenvalue weighted by molar-refractivity contribution is -0.173. The Labute approximate surface area is 127 Å². The third kappa shape index (κ3) is 7.89. The normalized spacial score (nSPS) is 12.4. The Morgan fingerprint density at radius 1 is 1.33 bits per heavy atom. The summed E-state index contributed by atoms with van der Waals surface area (Å²) >= 11 is 0. The fourth-order valence-corrected chi connectivity index (χ4v) is 1.47. The first-order valence-electron chi connectivity index (χ1n) is 6.04. The molecular formula is C13H18ClF3N2O2. The van der Waals surface area contributed by atoms with E-state index in [0.29, 0.717) is 5.56 Å². The molecule has 1 atom stereocenters. The van der Waals surface area contributed by atoms with Gasteiger partial charge in [0.2, 0.25) is 5.91 Å². The second-order valence-corrected chi connectivity index (χ2v) is 4.35. The van der Waals surface area contributed by atoms with E-state index in [1.165, 1.54) is 0 Å². The van der Waals surface area contributed by atoms with Crippen molar-refractivity contribution in [1.29, 1.82) is 0 Å². The van der Waals surface area contributed by atoms with Gasteiger partial charge in [-0.1, -0.05) is 29.8 Å². The molecule has 21 heavy (non-hydrogen) atoms. The van der Waals surface area contributed by atoms with Gasteiger partial charge in [-0.3, -0.25) is 4.79 Å². The number of hydrogen-bond acceptors (Lipinski definition) is 3. The number of ether oxygens (including phenoxy) is 1. The standard InChI is InChI=1S/C13H17F3N2O2.ClH/c1-9-2-4-10(5-3-9)11(17)12(19)18-6-7-20-8-13(14,15)16;/h2-5,11H,6-8,17H2,1H3,(H,18,19);1H. The fourth-order valence-electron chi connectivity index (χ4n) is 1.47. The molecule has 0 radical (unpaired) electrons. The van der Waals surface area contributed by atoms with E-state index in [2.05, 4.69) is 10.1 Å². The fraction of sp³-hybridized carbons (Fsp3) is 0.462. The maximum absolute atomic E-state index is 11.8. The van der Waals surface area contributed by atoms with Crippen molar-refractivity contribution >= 4 is 18.3 Å². The Morgan fingerprint density at radius 3 is 2.43 bits per heavy atom. The van der Waals surface area contributed by atoms with Gasteiger partial charge in [0.25, 0.3) is 0 Å². The lowest BCUT2D eigenvalue weighted by atomic mass is 10.1. The monoisotopic (exact) mass is 326 g/mol. The molecular weight excluding hydrogens is 309 g/mol. The number of carbonyl (C=O) groups is 1. The molecule has 4 nitrogen and oxygen atoms in total. The van der Waals surface area contributed by atoms with Crippen LogP contribution in [0.5, 0.6) is 0 Å². The zero-order chi connectivity index (χ0) is 15.2. The van der Waals surface area contributed by atoms with Gasteiger partial charge in [-0.2, -0.15) is 13.2 Å². The van der Waals surface area contributed by atoms with Crippen LogP contribution in [0.15, 0.2) is 24.3 Å². The molecule has 1 rings (SSSR count). The van der Waals surface area contributed by atoms with Gasteiger partial charge in [0.15, 0.2) is 0 Å². The number of nitrogens with one attached hydrogen (secondary N) is 1. The molecule has 1 aromatic carbocycles. The number of benzene rings is 1. The number of halogens is 4. The summed E-state index contributed by atoms with van der Waals surface area (Å²) in [5.74, 6) is -0.454. The Kier molecular flexibility index (Phi) is 8.31. The molecule has 1 amide bonds. The van der Waals surface area contributed by atoms with Crippen molar-refractivity contribution < 1.29 is 22.7 Å². The maximum Gasteiger partial charge on any atom is 0.411 e. The molecule has 1 aromatic rings. The molecule has 0 spiro atoms. The van der Waals surface area contributed by atoms with Crippen LogP contribution in [0, 0.1) is 6.92 Å². The van der Waals surface area contributed by atoms with Crippen molar-refractivity contribution in [3.05, 3.63) is 35.4 Å². The summed E-state index contributed by atoms with van der Waals surface area (Å²) in [6, 6.07) is 6.28. The molecule has 8 heteroatoms. The molecule has 1 unspecified atom stereocenters. The number of aryl methyl sites for hydroxylation is 1. The Hall–Kier alpha value is -1.31. The Balaban J connectivity index is 0.00000400. The third-order valence-corrected chi connectivity index (χ3v) is 2.53. The lowest BCUT2D eigenvalue weighted by Crippen LogP contribution is -2.36. The molecule has 0 saturated heterocycles. The van der Waals surface area contributed by atoms with Crippen LogP contribution in [0.3, 0.4) is 0 Å². The van der Waals surface area contributed by atoms with E-state index in [0.717, 1.165) is 5.56 Å². The van der Waals surface area contributed by atoms with Crippen molar-refractivity contribution in [3.8, 4) is 0 Å². The van der Waals surface area contributed by atoms with E-state index in [4.69, 9.17) is 5.73 Å². The number of hydrogen-bond donors (Lipinski definition) is 2. The van der Waals surface area contributed by atoms with Crippen molar-refractivity contribution in [3.63, 3.8) is 0 Å². The number of rotatable bonds is 6. The molecule has 0 aromatic heterocycles. The Morgan fingerprint density at radius 2 is 1.90 bits per heavy atom. The van der Waals surface area contributed by atoms with Crippen molar-refractivity contribution in [2.75, 3.05) is 19.8 Å². The summed E-state index contributed by atoms with van der Waals surface area (Å²) in [6.07, 6.45) is -4.36. The largest absolute Gasteiger partial charge is 0.411 e. The predicted octanol–water partition coefficient (Wildman–Crippen LogP) is 2.11. The minimum absolute atomic E-state index is 0. The average Bonchev–Trinajstić information content (AvgIpc) is 2.37. The molecule has 0 aliphatic carbocycles. The van der Waals surface area contributed by atoms with Crippen LogP contribution in [0.25, 0.3) is 0 Å². The number of nitrogens with two attached hydrogens (primary N) is 1. The minimum Gasteiger partial charge on any atom is -0.370 e. The zero-order valence-corrected chi connectivity index (χ0v) is 12.3. The summed E-state index contributed by atoms with van der Waals surface area (Å²) in [4.78, 5) is 11.7. The van der Waals surface area contributed by atoms with Gasteiger partial charge >= 0.3 is 6.18 Å². The third-order valence-electron chi connectivity index (χ3n) is 2.53. The second-order valence-electron chi connectivity index (χ2n) is 4.35. The number of carbonyl (C=O) groups excluding carboxylic acids is 1. The highest BCUT2D eigenvalue weighted by molar-refractivity contribution is 5.85. The summed E-state index contributed by atoms with van der Waals surface area (Å²) < 4.78 is 39.7. The van der Waals surface area contributed by atoms with E-state index in [1.54, 1.807) is 12.1 Å². The van der Waals surface area contributed by atoms with Gasteiger partial charge < -0.3 is 15.8 Å². The molecule has 0 heterocycles. The number of alkyl halides is 3. The molecule has 0 aliphatic rings. The van der Waals surface area contributed by atoms with Gasteiger partial charge in [0, 0.05) is 6.54 Å². The maximum atomic E-state index is 11.8. The SMILES string of the molecule is Cc1ccc(C(N)C(=O)NCCOCC(F)(F)F)cc1.Cl. The highest BCUT2D eigenvalue weighted by atomic mass is 35.5. The van der Waals surface area contributed by atoms with E-state index in [1.807, 2.05) is 19.1 Å². The smallest absolute Gasteiger partial charge is 0.370 e. The van der Waals surface area contributed by atoms with Gasteiger partial charge in [0.05, 0.1) is 6.61 Å². The quantitative estimate of drug-likeness (QED) is 0.787. The Bertz CT molecular complexity index is 438. The first-order chi connectivity index (χ1) is 9.29. The van der Waals surface area contributed by atoms with Crippen LogP contribution in [0.2, 0.25) is 0 Å². The minimum atomic E-state index is -4.36. The highest BCUT2D eigenvalue weighted by Crippen LogP contribution is 2.14. The molecule has 0 saturated carbocycles. The molecule has 3 N–H and O–H groups in total. The summed E-state index contributed by atoms with van der Waals surface area (Å²) in [5, 5.41) is 2.43. The molecule has 0 aliphatic heterocycles. The van der Waals surface area contributed by atoms with E-state index in [9.17, 15) is 18.0 Å². The summed E-state index contributed by atoms with van der Waals surface area (Å²) in [6.45, 7) is 0.348. The predicted molar refractivity (Wildman–Crippen MR) is 75.2 cm³/mol. The first-order valence-corrected chi connectivity index (χ1v) is 6.04. The van der Waals surface area contributed by atoms with Crippen LogP contribution in [0.4, 0.5) is 13.2 Å². The van der Waals surface area contributed by atoms with Gasteiger partial charge in [-0.05, 0) is 12.5 Å². The highest BCUT2D eigenvalue weighted by Gasteiger charge is 2.27. The van der Waals surface area contributed by atoms with Crippen LogP contribution < -0.4 is 11.1 Å². The lowest BCUT2D eigenvalue weighted by Gasteiger charge is -2.13. The second kappa shape index (κ2) is 8.86. The van der Waals surface area contributed by atoms with Crippen LogP contribution in [0.1, 0.15) is 17.2 Å². The molecule has 120 valence electrons. The van der Waals surface area contributed by atoms with Crippen molar-refractivity contribution in [1.82, 2.24) is 5.32 Å².